The number of nitrogen functional groups attached to an aromatic ring is 1. The van der Waals surface area contributed by atoms with Gasteiger partial charge in [0.05, 0.1) is 29.0 Å². The first-order valence-corrected chi connectivity index (χ1v) is 6.42. The molecule has 0 atom stereocenters. The van der Waals surface area contributed by atoms with E-state index in [4.69, 9.17) is 10.5 Å². The van der Waals surface area contributed by atoms with Crippen molar-refractivity contribution >= 4 is 32.9 Å². The maximum absolute atomic E-state index is 5.98. The van der Waals surface area contributed by atoms with Crippen molar-refractivity contribution in [2.75, 3.05) is 12.8 Å². The van der Waals surface area contributed by atoms with E-state index in [2.05, 4.69) is 25.9 Å². The minimum atomic E-state index is 0.431. The van der Waals surface area contributed by atoms with Gasteiger partial charge in [-0.05, 0) is 40.2 Å². The summed E-state index contributed by atoms with van der Waals surface area (Å²) in [6.07, 6.45) is 3.42. The van der Waals surface area contributed by atoms with E-state index in [1.807, 2.05) is 28.8 Å². The monoisotopic (exact) mass is 318 g/mol. The topological polar surface area (TPSA) is 66.0 Å². The third-order valence-electron chi connectivity index (χ3n) is 2.88. The largest absolute Gasteiger partial charge is 0.496 e. The van der Waals surface area contributed by atoms with Crippen LogP contribution in [0.1, 0.15) is 0 Å². The molecular formula is C13H11BrN4O. The van der Waals surface area contributed by atoms with E-state index in [9.17, 15) is 0 Å². The van der Waals surface area contributed by atoms with Crippen LogP contribution in [0, 0.1) is 0 Å². The Kier molecular flexibility index (Phi) is 2.87. The van der Waals surface area contributed by atoms with Crippen molar-refractivity contribution in [3.63, 3.8) is 0 Å². The van der Waals surface area contributed by atoms with Crippen LogP contribution in [0.3, 0.4) is 0 Å². The Morgan fingerprint density at radius 3 is 2.89 bits per heavy atom. The predicted octanol–water partition coefficient (Wildman–Crippen LogP) is 2.77. The maximum atomic E-state index is 5.98. The van der Waals surface area contributed by atoms with Crippen LogP contribution in [-0.2, 0) is 0 Å². The fourth-order valence-electron chi connectivity index (χ4n) is 2.02. The number of rotatable bonds is 2. The number of methoxy groups -OCH3 is 1. The Hall–Kier alpha value is -2.08. The summed E-state index contributed by atoms with van der Waals surface area (Å²) in [6, 6.07) is 7.64. The van der Waals surface area contributed by atoms with Crippen LogP contribution >= 0.6 is 15.9 Å². The van der Waals surface area contributed by atoms with Gasteiger partial charge in [0.1, 0.15) is 11.3 Å². The van der Waals surface area contributed by atoms with Crippen LogP contribution in [0.4, 0.5) is 5.95 Å². The van der Waals surface area contributed by atoms with Crippen molar-refractivity contribution in [2.45, 2.75) is 0 Å². The van der Waals surface area contributed by atoms with E-state index in [1.54, 1.807) is 19.5 Å². The van der Waals surface area contributed by atoms with Gasteiger partial charge < -0.3 is 10.5 Å². The minimum Gasteiger partial charge on any atom is -0.496 e. The van der Waals surface area contributed by atoms with Gasteiger partial charge in [-0.25, -0.2) is 4.98 Å². The number of anilines is 1. The van der Waals surface area contributed by atoms with Gasteiger partial charge in [-0.1, -0.05) is 0 Å². The lowest BCUT2D eigenvalue weighted by Gasteiger charge is -2.09. The second-order valence-corrected chi connectivity index (χ2v) is 4.84. The standard InChI is InChI=1S/C13H11BrN4O/c1-19-12-3-2-8(6-9(12)14)18-11-4-5-16-7-10(11)17-13(18)15/h2-7H,1H3,(H2,15,17). The molecule has 1 aromatic carbocycles. The number of aromatic nitrogens is 3. The number of halogens is 1. The first kappa shape index (κ1) is 12.0. The van der Waals surface area contributed by atoms with Crippen molar-refractivity contribution in [3.05, 3.63) is 41.1 Å². The van der Waals surface area contributed by atoms with Gasteiger partial charge in [0.15, 0.2) is 0 Å². The maximum Gasteiger partial charge on any atom is 0.205 e. The Morgan fingerprint density at radius 2 is 2.16 bits per heavy atom. The van der Waals surface area contributed by atoms with E-state index in [1.165, 1.54) is 0 Å². The summed E-state index contributed by atoms with van der Waals surface area (Å²) in [6.45, 7) is 0. The molecule has 6 heteroatoms. The number of pyridine rings is 1. The lowest BCUT2D eigenvalue weighted by Crippen LogP contribution is -2.00. The van der Waals surface area contributed by atoms with Crippen LogP contribution in [0.5, 0.6) is 5.75 Å². The molecule has 2 aromatic heterocycles. The van der Waals surface area contributed by atoms with Gasteiger partial charge in [-0.3, -0.25) is 9.55 Å². The van der Waals surface area contributed by atoms with E-state index < -0.39 is 0 Å². The zero-order valence-corrected chi connectivity index (χ0v) is 11.8. The van der Waals surface area contributed by atoms with Crippen LogP contribution in [-0.4, -0.2) is 21.6 Å². The molecule has 0 unspecified atom stereocenters. The molecular weight excluding hydrogens is 308 g/mol. The fraction of sp³-hybridized carbons (Fsp3) is 0.0769. The average molecular weight is 319 g/mol. The van der Waals surface area contributed by atoms with Crippen molar-refractivity contribution in [3.8, 4) is 11.4 Å². The summed E-state index contributed by atoms with van der Waals surface area (Å²) in [7, 11) is 1.63. The van der Waals surface area contributed by atoms with Crippen LogP contribution in [0.2, 0.25) is 0 Å². The van der Waals surface area contributed by atoms with Crippen molar-refractivity contribution in [1.29, 1.82) is 0 Å². The lowest BCUT2D eigenvalue weighted by atomic mass is 10.3. The van der Waals surface area contributed by atoms with E-state index in [0.717, 1.165) is 26.9 Å². The van der Waals surface area contributed by atoms with E-state index >= 15 is 0 Å². The molecule has 19 heavy (non-hydrogen) atoms. The molecule has 2 heterocycles. The second-order valence-electron chi connectivity index (χ2n) is 3.99. The molecule has 5 nitrogen and oxygen atoms in total. The lowest BCUT2D eigenvalue weighted by molar-refractivity contribution is 0.412. The normalized spacial score (nSPS) is 10.8. The van der Waals surface area contributed by atoms with Crippen molar-refractivity contribution in [1.82, 2.24) is 14.5 Å². The van der Waals surface area contributed by atoms with Gasteiger partial charge >= 0.3 is 0 Å². The third-order valence-corrected chi connectivity index (χ3v) is 3.50. The zero-order valence-electron chi connectivity index (χ0n) is 10.2. The predicted molar refractivity (Wildman–Crippen MR) is 77.5 cm³/mol. The molecule has 0 bridgehead atoms. The van der Waals surface area contributed by atoms with Crippen LogP contribution in [0.15, 0.2) is 41.1 Å². The Labute approximate surface area is 118 Å². The number of nitrogens with zero attached hydrogens (tertiary/aromatic N) is 3. The van der Waals surface area contributed by atoms with E-state index in [-0.39, 0.29) is 0 Å². The van der Waals surface area contributed by atoms with Gasteiger partial charge in [-0.2, -0.15) is 0 Å². The molecule has 0 aliphatic carbocycles. The number of hydrogen-bond acceptors (Lipinski definition) is 4. The fourth-order valence-corrected chi connectivity index (χ4v) is 2.55. The zero-order chi connectivity index (χ0) is 13.4. The molecule has 0 saturated heterocycles. The van der Waals surface area contributed by atoms with E-state index in [0.29, 0.717) is 5.95 Å². The Morgan fingerprint density at radius 1 is 1.32 bits per heavy atom. The molecule has 0 saturated carbocycles. The minimum absolute atomic E-state index is 0.431. The first-order valence-electron chi connectivity index (χ1n) is 5.62. The molecule has 0 aliphatic rings. The molecule has 2 N–H and O–H groups in total. The summed E-state index contributed by atoms with van der Waals surface area (Å²) in [4.78, 5) is 8.34. The SMILES string of the molecule is COc1ccc(-n2c(N)nc3cnccc32)cc1Br. The first-order chi connectivity index (χ1) is 9.20. The number of nitrogens with two attached hydrogens (primary N) is 1. The number of fused-ring (bicyclic) bond motifs is 1. The highest BCUT2D eigenvalue weighted by atomic mass is 79.9. The molecule has 96 valence electrons. The molecule has 0 fully saturated rings. The smallest absolute Gasteiger partial charge is 0.205 e. The van der Waals surface area contributed by atoms with Gasteiger partial charge in [0.25, 0.3) is 0 Å². The average Bonchev–Trinajstić information content (AvgIpc) is 2.74. The highest BCUT2D eigenvalue weighted by Crippen LogP contribution is 2.30. The third kappa shape index (κ3) is 1.94. The molecule has 0 amide bonds. The number of hydrogen-bond donors (Lipinski definition) is 1. The van der Waals surface area contributed by atoms with Gasteiger partial charge in [-0.15, -0.1) is 0 Å². The second kappa shape index (κ2) is 4.55. The van der Waals surface area contributed by atoms with Crippen LogP contribution < -0.4 is 10.5 Å². The summed E-state index contributed by atoms with van der Waals surface area (Å²) in [5.41, 5.74) is 8.59. The number of benzene rings is 1. The molecule has 3 rings (SSSR count). The summed E-state index contributed by atoms with van der Waals surface area (Å²) in [5, 5.41) is 0. The Bertz CT molecular complexity index is 753. The summed E-state index contributed by atoms with van der Waals surface area (Å²) >= 11 is 3.47. The quantitative estimate of drug-likeness (QED) is 0.789. The van der Waals surface area contributed by atoms with Crippen molar-refractivity contribution < 1.29 is 4.74 Å². The molecule has 0 spiro atoms. The van der Waals surface area contributed by atoms with Crippen molar-refractivity contribution in [2.24, 2.45) is 0 Å². The Balaban J connectivity index is 2.24. The summed E-state index contributed by atoms with van der Waals surface area (Å²) in [5.74, 6) is 1.20. The molecule has 0 radical (unpaired) electrons. The highest BCUT2D eigenvalue weighted by molar-refractivity contribution is 9.10. The van der Waals surface area contributed by atoms with Crippen LogP contribution in [0.25, 0.3) is 16.7 Å². The van der Waals surface area contributed by atoms with Gasteiger partial charge in [0, 0.05) is 6.20 Å². The summed E-state index contributed by atoms with van der Waals surface area (Å²) < 4.78 is 7.96. The molecule has 0 aliphatic heterocycles. The van der Waals surface area contributed by atoms with Gasteiger partial charge in [0.2, 0.25) is 5.95 Å². The highest BCUT2D eigenvalue weighted by Gasteiger charge is 2.11. The number of imidazole rings is 1. The molecule has 3 aromatic rings. The number of ether oxygens (including phenoxy) is 1.